The zero-order valence-electron chi connectivity index (χ0n) is 15.4. The Labute approximate surface area is 150 Å². The van der Waals surface area contributed by atoms with Gasteiger partial charge in [0.1, 0.15) is 11.5 Å². The molecule has 2 atom stereocenters. The summed E-state index contributed by atoms with van der Waals surface area (Å²) in [6.07, 6.45) is -0.228. The van der Waals surface area contributed by atoms with Crippen molar-refractivity contribution in [2.45, 2.75) is 39.8 Å². The molecule has 0 saturated carbocycles. The Morgan fingerprint density at radius 3 is 2.24 bits per heavy atom. The van der Waals surface area contributed by atoms with Gasteiger partial charge in [0.2, 0.25) is 0 Å². The van der Waals surface area contributed by atoms with Gasteiger partial charge in [0.05, 0.1) is 5.92 Å². The monoisotopic (exact) mass is 341 g/mol. The lowest BCUT2D eigenvalue weighted by Crippen LogP contribution is -2.37. The zero-order valence-corrected chi connectivity index (χ0v) is 15.4. The molecule has 4 heteroatoms. The van der Waals surface area contributed by atoms with E-state index < -0.39 is 0 Å². The van der Waals surface area contributed by atoms with Crippen LogP contribution in [-0.4, -0.2) is 30.2 Å². The summed E-state index contributed by atoms with van der Waals surface area (Å²) < 4.78 is 11.5. The van der Waals surface area contributed by atoms with Crippen molar-refractivity contribution in [3.63, 3.8) is 0 Å². The predicted molar refractivity (Wildman–Crippen MR) is 99.8 cm³/mol. The summed E-state index contributed by atoms with van der Waals surface area (Å²) >= 11 is 0. The van der Waals surface area contributed by atoms with Crippen molar-refractivity contribution in [3.8, 4) is 11.5 Å². The van der Waals surface area contributed by atoms with Gasteiger partial charge in [0, 0.05) is 0 Å². The van der Waals surface area contributed by atoms with Gasteiger partial charge >= 0.3 is 5.97 Å². The maximum absolute atomic E-state index is 12.5. The normalized spacial score (nSPS) is 13.3. The Balaban J connectivity index is 2.05. The van der Waals surface area contributed by atoms with Crippen LogP contribution in [0.15, 0.2) is 54.6 Å². The minimum Gasteiger partial charge on any atom is -0.457 e. The van der Waals surface area contributed by atoms with Gasteiger partial charge in [0.25, 0.3) is 0 Å². The number of carbonyl (C=O) groups excluding carboxylic acids is 1. The molecule has 0 amide bonds. The Morgan fingerprint density at radius 2 is 1.60 bits per heavy atom. The van der Waals surface area contributed by atoms with Gasteiger partial charge in [-0.05, 0) is 56.8 Å². The fourth-order valence-electron chi connectivity index (χ4n) is 2.69. The molecule has 0 aromatic heterocycles. The second-order valence-electron chi connectivity index (χ2n) is 5.97. The van der Waals surface area contributed by atoms with Crippen LogP contribution in [0.5, 0.6) is 11.5 Å². The topological polar surface area (TPSA) is 38.8 Å². The number of carbonyl (C=O) groups is 1. The SMILES string of the molecule is CCN(CC)C(C)OC(=O)C(C)c1cccc(Oc2ccccc2)c1. The molecule has 4 nitrogen and oxygen atoms in total. The van der Waals surface area contributed by atoms with E-state index in [2.05, 4.69) is 18.7 Å². The molecule has 0 spiro atoms. The number of ether oxygens (including phenoxy) is 2. The van der Waals surface area contributed by atoms with Gasteiger partial charge in [-0.1, -0.05) is 44.2 Å². The maximum atomic E-state index is 12.5. The van der Waals surface area contributed by atoms with Crippen LogP contribution in [0.25, 0.3) is 0 Å². The predicted octanol–water partition coefficient (Wildman–Crippen LogP) is 4.81. The van der Waals surface area contributed by atoms with E-state index in [9.17, 15) is 4.79 Å². The fourth-order valence-corrected chi connectivity index (χ4v) is 2.69. The van der Waals surface area contributed by atoms with Crippen molar-refractivity contribution in [1.82, 2.24) is 4.90 Å². The Kier molecular flexibility index (Phi) is 7.02. The lowest BCUT2D eigenvalue weighted by atomic mass is 10.0. The molecule has 0 saturated heterocycles. The summed E-state index contributed by atoms with van der Waals surface area (Å²) in [5.41, 5.74) is 0.880. The average Bonchev–Trinajstić information content (AvgIpc) is 2.63. The van der Waals surface area contributed by atoms with E-state index in [1.807, 2.05) is 68.4 Å². The molecule has 0 N–H and O–H groups in total. The third-order valence-corrected chi connectivity index (χ3v) is 4.30. The molecule has 0 aliphatic rings. The van der Waals surface area contributed by atoms with Crippen LogP contribution in [0, 0.1) is 0 Å². The smallest absolute Gasteiger partial charge is 0.314 e. The van der Waals surface area contributed by atoms with Crippen molar-refractivity contribution in [2.24, 2.45) is 0 Å². The molecule has 0 aliphatic carbocycles. The minimum atomic E-state index is -0.350. The first-order valence-corrected chi connectivity index (χ1v) is 8.82. The van der Waals surface area contributed by atoms with E-state index in [-0.39, 0.29) is 18.1 Å². The molecule has 0 fully saturated rings. The molecule has 134 valence electrons. The van der Waals surface area contributed by atoms with Crippen molar-refractivity contribution in [3.05, 3.63) is 60.2 Å². The number of rotatable bonds is 8. The molecule has 2 aromatic rings. The van der Waals surface area contributed by atoms with Gasteiger partial charge in [-0.3, -0.25) is 9.69 Å². The van der Waals surface area contributed by atoms with Gasteiger partial charge < -0.3 is 9.47 Å². The molecule has 0 bridgehead atoms. The van der Waals surface area contributed by atoms with Crippen LogP contribution in [0.1, 0.15) is 39.2 Å². The van der Waals surface area contributed by atoms with Crippen LogP contribution < -0.4 is 4.74 Å². The third kappa shape index (κ3) is 5.33. The summed E-state index contributed by atoms with van der Waals surface area (Å²) in [5, 5.41) is 0. The third-order valence-electron chi connectivity index (χ3n) is 4.30. The number of para-hydroxylation sites is 1. The summed E-state index contributed by atoms with van der Waals surface area (Å²) in [6, 6.07) is 17.2. The van der Waals surface area contributed by atoms with Gasteiger partial charge in [0.15, 0.2) is 6.23 Å². The molecule has 0 aliphatic heterocycles. The quantitative estimate of drug-likeness (QED) is 0.510. The average molecular weight is 341 g/mol. The zero-order chi connectivity index (χ0) is 18.2. The van der Waals surface area contributed by atoms with Gasteiger partial charge in [-0.15, -0.1) is 0 Å². The Hall–Kier alpha value is -2.33. The van der Waals surface area contributed by atoms with E-state index in [4.69, 9.17) is 9.47 Å². The number of esters is 1. The lowest BCUT2D eigenvalue weighted by Gasteiger charge is -2.27. The molecular formula is C21H27NO3. The van der Waals surface area contributed by atoms with E-state index in [1.165, 1.54) is 0 Å². The van der Waals surface area contributed by atoms with E-state index >= 15 is 0 Å². The first-order chi connectivity index (χ1) is 12.0. The number of hydrogen-bond donors (Lipinski definition) is 0. The highest BCUT2D eigenvalue weighted by Crippen LogP contribution is 2.26. The van der Waals surface area contributed by atoms with Crippen molar-refractivity contribution >= 4 is 5.97 Å². The molecule has 2 aromatic carbocycles. The second kappa shape index (κ2) is 9.23. The molecule has 25 heavy (non-hydrogen) atoms. The van der Waals surface area contributed by atoms with Crippen LogP contribution in [0.3, 0.4) is 0 Å². The Bertz CT molecular complexity index is 668. The van der Waals surface area contributed by atoms with Crippen LogP contribution in [-0.2, 0) is 9.53 Å². The standard InChI is InChI=1S/C21H27NO3/c1-5-22(6-2)17(4)24-21(23)16(3)18-11-10-14-20(15-18)25-19-12-8-7-9-13-19/h7-17H,5-6H2,1-4H3. The minimum absolute atomic E-state index is 0.226. The molecule has 2 rings (SSSR count). The van der Waals surface area contributed by atoms with Crippen molar-refractivity contribution in [2.75, 3.05) is 13.1 Å². The number of benzene rings is 2. The van der Waals surface area contributed by atoms with Crippen LogP contribution >= 0.6 is 0 Å². The van der Waals surface area contributed by atoms with Crippen LogP contribution in [0.4, 0.5) is 0 Å². The highest BCUT2D eigenvalue weighted by Gasteiger charge is 2.22. The Morgan fingerprint density at radius 1 is 0.960 bits per heavy atom. The molecular weight excluding hydrogens is 314 g/mol. The summed E-state index contributed by atoms with van der Waals surface area (Å²) in [5.74, 6) is 0.902. The first-order valence-electron chi connectivity index (χ1n) is 8.82. The molecule has 0 heterocycles. The summed E-state index contributed by atoms with van der Waals surface area (Å²) in [7, 11) is 0. The molecule has 2 unspecified atom stereocenters. The van der Waals surface area contributed by atoms with Crippen molar-refractivity contribution < 1.29 is 14.3 Å². The largest absolute Gasteiger partial charge is 0.457 e. The van der Waals surface area contributed by atoms with Crippen molar-refractivity contribution in [1.29, 1.82) is 0 Å². The van der Waals surface area contributed by atoms with E-state index in [0.717, 1.165) is 24.4 Å². The maximum Gasteiger partial charge on any atom is 0.314 e. The van der Waals surface area contributed by atoms with E-state index in [1.54, 1.807) is 0 Å². The number of nitrogens with zero attached hydrogens (tertiary/aromatic N) is 1. The highest BCUT2D eigenvalue weighted by atomic mass is 16.6. The highest BCUT2D eigenvalue weighted by molar-refractivity contribution is 5.78. The van der Waals surface area contributed by atoms with Gasteiger partial charge in [-0.25, -0.2) is 0 Å². The van der Waals surface area contributed by atoms with Gasteiger partial charge in [-0.2, -0.15) is 0 Å². The molecule has 0 radical (unpaired) electrons. The fraction of sp³-hybridized carbons (Fsp3) is 0.381. The first kappa shape index (κ1) is 19.0. The van der Waals surface area contributed by atoms with E-state index in [0.29, 0.717) is 5.75 Å². The number of hydrogen-bond acceptors (Lipinski definition) is 4. The summed E-state index contributed by atoms with van der Waals surface area (Å²) in [4.78, 5) is 14.6. The lowest BCUT2D eigenvalue weighted by molar-refractivity contribution is -0.158. The second-order valence-corrected chi connectivity index (χ2v) is 5.97. The summed E-state index contributed by atoms with van der Waals surface area (Å²) in [6.45, 7) is 9.58. The van der Waals surface area contributed by atoms with Crippen LogP contribution in [0.2, 0.25) is 0 Å².